The molecular weight excluding hydrogens is 192 g/mol. The average Bonchev–Trinajstić information content (AvgIpc) is 2.30. The summed E-state index contributed by atoms with van der Waals surface area (Å²) in [4.78, 5) is 0. The van der Waals surface area contributed by atoms with E-state index >= 15 is 0 Å². The molecule has 88 valence electrons. The lowest BCUT2D eigenvalue weighted by atomic mass is 9.84. The van der Waals surface area contributed by atoms with Gasteiger partial charge in [0.1, 0.15) is 0 Å². The van der Waals surface area contributed by atoms with Gasteiger partial charge >= 0.3 is 0 Å². The number of allylic oxidation sites excluding steroid dienone is 8. The van der Waals surface area contributed by atoms with Crippen LogP contribution < -0.4 is 0 Å². The quantitative estimate of drug-likeness (QED) is 0.512. The Hall–Kier alpha value is -1.04. The van der Waals surface area contributed by atoms with E-state index in [4.69, 9.17) is 0 Å². The zero-order valence-corrected chi connectivity index (χ0v) is 12.0. The molecule has 0 nitrogen and oxygen atoms in total. The van der Waals surface area contributed by atoms with Crippen LogP contribution in [0.2, 0.25) is 0 Å². The minimum atomic E-state index is 1.43. The molecule has 0 fully saturated rings. The van der Waals surface area contributed by atoms with Crippen molar-refractivity contribution in [3.63, 3.8) is 0 Å². The van der Waals surface area contributed by atoms with Gasteiger partial charge in [-0.15, -0.1) is 0 Å². The molecule has 0 aromatic carbocycles. The van der Waals surface area contributed by atoms with E-state index in [2.05, 4.69) is 55.4 Å². The number of hydrogen-bond acceptors (Lipinski definition) is 0. The summed E-state index contributed by atoms with van der Waals surface area (Å²) in [6.45, 7) is 17.9. The molecule has 0 aromatic heterocycles. The van der Waals surface area contributed by atoms with Crippen molar-refractivity contribution in [2.24, 2.45) is 0 Å². The summed E-state index contributed by atoms with van der Waals surface area (Å²) < 4.78 is 0. The van der Waals surface area contributed by atoms with Gasteiger partial charge < -0.3 is 0 Å². The van der Waals surface area contributed by atoms with Crippen LogP contribution >= 0.6 is 0 Å². The van der Waals surface area contributed by atoms with E-state index in [9.17, 15) is 0 Å². The lowest BCUT2D eigenvalue weighted by Crippen LogP contribution is -2.01. The fourth-order valence-electron chi connectivity index (χ4n) is 2.25. The topological polar surface area (TPSA) is 0 Å². The molecule has 16 heavy (non-hydrogen) atoms. The van der Waals surface area contributed by atoms with Crippen LogP contribution in [0.1, 0.15) is 55.4 Å². The van der Waals surface area contributed by atoms with Gasteiger partial charge in [0.25, 0.3) is 0 Å². The smallest absolute Gasteiger partial charge is 0.0392 e. The zero-order valence-electron chi connectivity index (χ0n) is 12.0. The molecule has 0 unspecified atom stereocenters. The highest BCUT2D eigenvalue weighted by Gasteiger charge is 2.14. The molecule has 0 aliphatic heterocycles. The third-order valence-corrected chi connectivity index (χ3v) is 4.50. The highest BCUT2D eigenvalue weighted by Crippen LogP contribution is 2.33. The van der Waals surface area contributed by atoms with Gasteiger partial charge in [0.2, 0.25) is 0 Å². The third-order valence-electron chi connectivity index (χ3n) is 4.50. The second kappa shape index (κ2) is 4.45. The molecule has 0 spiro atoms. The van der Waals surface area contributed by atoms with Gasteiger partial charge in [-0.25, -0.2) is 0 Å². The second-order valence-electron chi connectivity index (χ2n) is 5.00. The highest BCUT2D eigenvalue weighted by molar-refractivity contribution is 5.56. The number of hydrogen-bond donors (Lipinski definition) is 0. The average molecular weight is 216 g/mol. The van der Waals surface area contributed by atoms with Gasteiger partial charge in [-0.3, -0.25) is 0 Å². The van der Waals surface area contributed by atoms with Crippen LogP contribution in [0, 0.1) is 0 Å². The van der Waals surface area contributed by atoms with Crippen LogP contribution in [0.25, 0.3) is 0 Å². The van der Waals surface area contributed by atoms with Crippen LogP contribution in [0.15, 0.2) is 44.6 Å². The van der Waals surface area contributed by atoms with Crippen LogP contribution in [-0.4, -0.2) is 0 Å². The van der Waals surface area contributed by atoms with Gasteiger partial charge in [0, 0.05) is 0 Å². The standard InChI is InChI=1S/C16H24/c1-9-10(2)12(4)14(6)16(8)15(7)13(5)11(9)3/h1-8H3/b10-9-,11-9?,12-10?,13-11-,14-12?,15-13?,16-14?,16-15?. The summed E-state index contributed by atoms with van der Waals surface area (Å²) in [5, 5.41) is 0. The fraction of sp³-hybridized carbons (Fsp3) is 0.500. The van der Waals surface area contributed by atoms with Crippen LogP contribution in [0.5, 0.6) is 0 Å². The van der Waals surface area contributed by atoms with Gasteiger partial charge in [-0.1, -0.05) is 0 Å². The lowest BCUT2D eigenvalue weighted by Gasteiger charge is -2.21. The Morgan fingerprint density at radius 2 is 0.312 bits per heavy atom. The Labute approximate surface area is 100 Å². The first kappa shape index (κ1) is 13.0. The summed E-state index contributed by atoms with van der Waals surface area (Å²) in [5.74, 6) is 0. The first-order chi connectivity index (χ1) is 7.29. The molecule has 1 aliphatic carbocycles. The molecule has 0 heterocycles. The Bertz CT molecular complexity index is 298. The minimum Gasteiger partial charge on any atom is -0.0447 e. The predicted octanol–water partition coefficient (Wildman–Crippen LogP) is 5.35. The Kier molecular flexibility index (Phi) is 3.62. The lowest BCUT2D eigenvalue weighted by molar-refractivity contribution is 1.10. The van der Waals surface area contributed by atoms with Crippen molar-refractivity contribution in [2.45, 2.75) is 55.4 Å². The van der Waals surface area contributed by atoms with Gasteiger partial charge in [-0.2, -0.15) is 0 Å². The summed E-state index contributed by atoms with van der Waals surface area (Å²) in [6, 6.07) is 0. The zero-order chi connectivity index (χ0) is 12.6. The summed E-state index contributed by atoms with van der Waals surface area (Å²) in [7, 11) is 0. The molecule has 0 atom stereocenters. The van der Waals surface area contributed by atoms with Gasteiger partial charge in [0.05, 0.1) is 0 Å². The normalized spacial score (nSPS) is 28.5. The van der Waals surface area contributed by atoms with E-state index in [1.165, 1.54) is 44.6 Å². The van der Waals surface area contributed by atoms with E-state index < -0.39 is 0 Å². The van der Waals surface area contributed by atoms with Crippen molar-refractivity contribution < 1.29 is 0 Å². The van der Waals surface area contributed by atoms with E-state index in [0.29, 0.717) is 0 Å². The molecule has 0 amide bonds. The van der Waals surface area contributed by atoms with Crippen molar-refractivity contribution in [2.75, 3.05) is 0 Å². The van der Waals surface area contributed by atoms with Gasteiger partial charge in [-0.05, 0) is 100.0 Å². The van der Waals surface area contributed by atoms with Gasteiger partial charge in [0.15, 0.2) is 0 Å². The van der Waals surface area contributed by atoms with Crippen molar-refractivity contribution >= 4 is 0 Å². The van der Waals surface area contributed by atoms with E-state index in [1.54, 1.807) is 0 Å². The largest absolute Gasteiger partial charge is 0.0447 e. The van der Waals surface area contributed by atoms with E-state index in [0.717, 1.165) is 0 Å². The van der Waals surface area contributed by atoms with Crippen molar-refractivity contribution in [1.82, 2.24) is 0 Å². The minimum absolute atomic E-state index is 1.43. The van der Waals surface area contributed by atoms with E-state index in [1.807, 2.05) is 0 Å². The molecule has 0 saturated carbocycles. The van der Waals surface area contributed by atoms with Crippen LogP contribution in [0.3, 0.4) is 0 Å². The number of rotatable bonds is 0. The molecule has 1 rings (SSSR count). The molecular formula is C16H24. The Morgan fingerprint density at radius 3 is 0.375 bits per heavy atom. The summed E-state index contributed by atoms with van der Waals surface area (Å²) in [6.07, 6.45) is 0. The van der Waals surface area contributed by atoms with Crippen LogP contribution in [0.4, 0.5) is 0 Å². The first-order valence-corrected chi connectivity index (χ1v) is 6.00. The summed E-state index contributed by atoms with van der Waals surface area (Å²) in [5.41, 5.74) is 11.5. The molecule has 0 aromatic rings. The maximum Gasteiger partial charge on any atom is -0.0392 e. The fourth-order valence-corrected chi connectivity index (χ4v) is 2.25. The monoisotopic (exact) mass is 216 g/mol. The van der Waals surface area contributed by atoms with Crippen LogP contribution in [-0.2, 0) is 0 Å². The molecule has 1 aliphatic rings. The molecule has 0 saturated heterocycles. The maximum atomic E-state index is 2.24. The van der Waals surface area contributed by atoms with Crippen molar-refractivity contribution in [3.05, 3.63) is 44.6 Å². The molecule has 0 heteroatoms. The molecule has 0 bridgehead atoms. The third kappa shape index (κ3) is 1.93. The summed E-state index contributed by atoms with van der Waals surface area (Å²) >= 11 is 0. The molecule has 0 N–H and O–H groups in total. The van der Waals surface area contributed by atoms with Crippen molar-refractivity contribution in [1.29, 1.82) is 0 Å². The first-order valence-electron chi connectivity index (χ1n) is 6.00. The SMILES string of the molecule is CC1=C(C)/C(C)=C(C)\C(C)=C(\C)C(C)=C1C. The Morgan fingerprint density at radius 1 is 0.250 bits per heavy atom. The maximum absolute atomic E-state index is 2.24. The highest BCUT2D eigenvalue weighted by atomic mass is 14.2. The van der Waals surface area contributed by atoms with Crippen molar-refractivity contribution in [3.8, 4) is 0 Å². The second-order valence-corrected chi connectivity index (χ2v) is 5.00. The Balaban J connectivity index is 3.67. The molecule has 0 radical (unpaired) electrons. The predicted molar refractivity (Wildman–Crippen MR) is 73.5 cm³/mol. The van der Waals surface area contributed by atoms with E-state index in [-0.39, 0.29) is 0 Å².